The van der Waals surface area contributed by atoms with Crippen LogP contribution in [0, 0.1) is 11.8 Å². The smallest absolute Gasteiger partial charge is 0.226 e. The monoisotopic (exact) mass is 274 g/mol. The molecule has 0 aromatic carbocycles. The van der Waals surface area contributed by atoms with Crippen molar-refractivity contribution in [1.82, 2.24) is 4.90 Å². The van der Waals surface area contributed by atoms with Gasteiger partial charge in [0.25, 0.3) is 0 Å². The summed E-state index contributed by atoms with van der Waals surface area (Å²) in [7, 11) is -3.05. The molecule has 0 unspecified atom stereocenters. The number of nitrogens with two attached hydrogens (primary N) is 1. The highest BCUT2D eigenvalue weighted by Crippen LogP contribution is 2.24. The first-order chi connectivity index (χ1) is 8.39. The van der Waals surface area contributed by atoms with Crippen molar-refractivity contribution < 1.29 is 18.0 Å². The van der Waals surface area contributed by atoms with Crippen molar-refractivity contribution in [2.24, 2.45) is 17.6 Å². The third-order valence-electron chi connectivity index (χ3n) is 3.72. The number of amides is 2. The predicted octanol–water partition coefficient (Wildman–Crippen LogP) is -0.855. The molecule has 2 atom stereocenters. The van der Waals surface area contributed by atoms with Crippen LogP contribution in [0.2, 0.25) is 0 Å². The van der Waals surface area contributed by atoms with Crippen molar-refractivity contribution in [3.8, 4) is 0 Å². The van der Waals surface area contributed by atoms with Crippen molar-refractivity contribution in [1.29, 1.82) is 0 Å². The zero-order chi connectivity index (χ0) is 13.3. The van der Waals surface area contributed by atoms with Gasteiger partial charge in [0.15, 0.2) is 9.84 Å². The van der Waals surface area contributed by atoms with Crippen LogP contribution in [0.15, 0.2) is 0 Å². The molecule has 2 rings (SSSR count). The van der Waals surface area contributed by atoms with Gasteiger partial charge in [0, 0.05) is 13.1 Å². The van der Waals surface area contributed by atoms with Crippen molar-refractivity contribution in [3.05, 3.63) is 0 Å². The lowest BCUT2D eigenvalue weighted by Crippen LogP contribution is -2.46. The maximum absolute atomic E-state index is 12.2. The Labute approximate surface area is 106 Å². The van der Waals surface area contributed by atoms with E-state index in [1.807, 2.05) is 0 Å². The first-order valence-electron chi connectivity index (χ1n) is 6.17. The van der Waals surface area contributed by atoms with Gasteiger partial charge in [-0.05, 0) is 19.3 Å². The van der Waals surface area contributed by atoms with E-state index in [4.69, 9.17) is 5.73 Å². The van der Waals surface area contributed by atoms with Crippen LogP contribution in [-0.4, -0.2) is 49.7 Å². The molecule has 0 aliphatic carbocycles. The minimum absolute atomic E-state index is 0.0520. The minimum Gasteiger partial charge on any atom is -0.369 e. The Kier molecular flexibility index (Phi) is 3.61. The summed E-state index contributed by atoms with van der Waals surface area (Å²) in [6, 6.07) is 0. The van der Waals surface area contributed by atoms with Crippen LogP contribution in [0.25, 0.3) is 0 Å². The molecule has 2 aliphatic rings. The SMILES string of the molecule is NC(=O)[C@@H]1CCCN(C(=O)[C@H]2CCS(=O)(=O)C2)C1. The molecule has 6 nitrogen and oxygen atoms in total. The number of carbonyl (C=O) groups excluding carboxylic acids is 2. The van der Waals surface area contributed by atoms with E-state index in [1.165, 1.54) is 0 Å². The van der Waals surface area contributed by atoms with E-state index in [2.05, 4.69) is 0 Å². The van der Waals surface area contributed by atoms with Gasteiger partial charge in [0.1, 0.15) is 0 Å². The quantitative estimate of drug-likeness (QED) is 0.709. The number of nitrogens with zero attached hydrogens (tertiary/aromatic N) is 1. The highest BCUT2D eigenvalue weighted by molar-refractivity contribution is 7.91. The predicted molar refractivity (Wildman–Crippen MR) is 65.3 cm³/mol. The summed E-state index contributed by atoms with van der Waals surface area (Å²) in [5, 5.41) is 0. The Morgan fingerprint density at radius 1 is 1.17 bits per heavy atom. The number of hydrogen-bond acceptors (Lipinski definition) is 4. The molecule has 2 aliphatic heterocycles. The maximum Gasteiger partial charge on any atom is 0.226 e. The summed E-state index contributed by atoms with van der Waals surface area (Å²) in [5.41, 5.74) is 5.25. The van der Waals surface area contributed by atoms with Gasteiger partial charge in [-0.3, -0.25) is 9.59 Å². The van der Waals surface area contributed by atoms with Gasteiger partial charge in [0.05, 0.1) is 23.3 Å². The third kappa shape index (κ3) is 2.82. The Hall–Kier alpha value is -1.11. The number of hydrogen-bond donors (Lipinski definition) is 1. The Morgan fingerprint density at radius 2 is 1.89 bits per heavy atom. The number of piperidine rings is 1. The van der Waals surface area contributed by atoms with Crippen molar-refractivity contribution >= 4 is 21.7 Å². The Morgan fingerprint density at radius 3 is 2.44 bits per heavy atom. The second-order valence-corrected chi connectivity index (χ2v) is 7.35. The summed E-state index contributed by atoms with van der Waals surface area (Å²) in [4.78, 5) is 24.9. The first kappa shape index (κ1) is 13.3. The summed E-state index contributed by atoms with van der Waals surface area (Å²) in [6.07, 6.45) is 1.86. The number of sulfone groups is 1. The molecule has 0 aromatic rings. The molecule has 2 amide bonds. The molecule has 0 bridgehead atoms. The fraction of sp³-hybridized carbons (Fsp3) is 0.818. The topological polar surface area (TPSA) is 97.5 Å². The molecule has 2 N–H and O–H groups in total. The summed E-state index contributed by atoms with van der Waals surface area (Å²) >= 11 is 0. The molecule has 2 saturated heterocycles. The van der Waals surface area contributed by atoms with E-state index in [0.29, 0.717) is 25.9 Å². The molecule has 102 valence electrons. The Bertz CT molecular complexity index is 460. The van der Waals surface area contributed by atoms with Gasteiger partial charge in [-0.2, -0.15) is 0 Å². The first-order valence-corrected chi connectivity index (χ1v) is 8.00. The summed E-state index contributed by atoms with van der Waals surface area (Å²) < 4.78 is 22.7. The third-order valence-corrected chi connectivity index (χ3v) is 5.49. The largest absolute Gasteiger partial charge is 0.369 e. The molecular weight excluding hydrogens is 256 g/mol. The zero-order valence-corrected chi connectivity index (χ0v) is 11.0. The van der Waals surface area contributed by atoms with Crippen LogP contribution in [0.1, 0.15) is 19.3 Å². The molecule has 18 heavy (non-hydrogen) atoms. The van der Waals surface area contributed by atoms with Crippen molar-refractivity contribution in [2.75, 3.05) is 24.6 Å². The van der Waals surface area contributed by atoms with Gasteiger partial charge >= 0.3 is 0 Å². The minimum atomic E-state index is -3.05. The van der Waals surface area contributed by atoms with Crippen LogP contribution in [0.5, 0.6) is 0 Å². The molecule has 0 saturated carbocycles. The van der Waals surface area contributed by atoms with E-state index in [0.717, 1.165) is 6.42 Å². The van der Waals surface area contributed by atoms with Crippen LogP contribution in [0.4, 0.5) is 0 Å². The van der Waals surface area contributed by atoms with Crippen LogP contribution in [0.3, 0.4) is 0 Å². The highest BCUT2D eigenvalue weighted by atomic mass is 32.2. The summed E-state index contributed by atoms with van der Waals surface area (Å²) in [5.74, 6) is -1.20. The lowest BCUT2D eigenvalue weighted by molar-refractivity contribution is -0.138. The van der Waals surface area contributed by atoms with Crippen LogP contribution in [-0.2, 0) is 19.4 Å². The van der Waals surface area contributed by atoms with Gasteiger partial charge in [-0.15, -0.1) is 0 Å². The molecule has 2 fully saturated rings. The Balaban J connectivity index is 1.99. The normalized spacial score (nSPS) is 31.2. The van der Waals surface area contributed by atoms with Crippen LogP contribution >= 0.6 is 0 Å². The fourth-order valence-corrected chi connectivity index (χ4v) is 4.39. The number of carbonyl (C=O) groups is 2. The number of rotatable bonds is 2. The average molecular weight is 274 g/mol. The second kappa shape index (κ2) is 4.87. The van der Waals surface area contributed by atoms with Crippen molar-refractivity contribution in [3.63, 3.8) is 0 Å². The van der Waals surface area contributed by atoms with E-state index in [1.54, 1.807) is 4.90 Å². The maximum atomic E-state index is 12.2. The lowest BCUT2D eigenvalue weighted by atomic mass is 9.96. The summed E-state index contributed by atoms with van der Waals surface area (Å²) in [6.45, 7) is 0.934. The van der Waals surface area contributed by atoms with Gasteiger partial charge in [-0.25, -0.2) is 8.42 Å². The molecule has 7 heteroatoms. The zero-order valence-electron chi connectivity index (χ0n) is 10.2. The van der Waals surface area contributed by atoms with E-state index in [9.17, 15) is 18.0 Å². The highest BCUT2D eigenvalue weighted by Gasteiger charge is 2.37. The molecular formula is C11H18N2O4S. The standard InChI is InChI=1S/C11H18N2O4S/c12-10(14)8-2-1-4-13(6-8)11(15)9-3-5-18(16,17)7-9/h8-9H,1-7H2,(H2,12,14)/t8-,9+/m1/s1. The molecule has 0 spiro atoms. The van der Waals surface area contributed by atoms with Gasteiger partial charge in [-0.1, -0.05) is 0 Å². The average Bonchev–Trinajstić information content (AvgIpc) is 2.69. The van der Waals surface area contributed by atoms with E-state index < -0.39 is 15.8 Å². The van der Waals surface area contributed by atoms with E-state index >= 15 is 0 Å². The lowest BCUT2D eigenvalue weighted by Gasteiger charge is -2.32. The fourth-order valence-electron chi connectivity index (χ4n) is 2.66. The van der Waals surface area contributed by atoms with Gasteiger partial charge in [0.2, 0.25) is 11.8 Å². The van der Waals surface area contributed by atoms with E-state index in [-0.39, 0.29) is 29.2 Å². The second-order valence-electron chi connectivity index (χ2n) is 5.13. The van der Waals surface area contributed by atoms with Crippen molar-refractivity contribution in [2.45, 2.75) is 19.3 Å². The number of primary amides is 1. The van der Waals surface area contributed by atoms with Crippen LogP contribution < -0.4 is 5.73 Å². The molecule has 0 radical (unpaired) electrons. The van der Waals surface area contributed by atoms with Gasteiger partial charge < -0.3 is 10.6 Å². The number of likely N-dealkylation sites (tertiary alicyclic amines) is 1. The molecule has 0 aromatic heterocycles. The molecule has 2 heterocycles.